The SMILES string of the molecule is CC(OCc1ccccc1)C(NC(=O)OCC1c2ccccc2-c2ccccc21)C(=O)NC1CC=C(C(=O)O)C1. The van der Waals surface area contributed by atoms with E-state index in [1.165, 1.54) is 0 Å². The molecule has 3 unspecified atom stereocenters. The van der Waals surface area contributed by atoms with Crippen LogP contribution in [0.5, 0.6) is 0 Å². The molecule has 3 N–H and O–H groups in total. The number of hydrogen-bond acceptors (Lipinski definition) is 5. The van der Waals surface area contributed by atoms with Gasteiger partial charge in [0.15, 0.2) is 0 Å². The Hall–Kier alpha value is -4.43. The third-order valence-corrected chi connectivity index (χ3v) is 7.46. The van der Waals surface area contributed by atoms with E-state index >= 15 is 0 Å². The predicted molar refractivity (Wildman–Crippen MR) is 150 cm³/mol. The van der Waals surface area contributed by atoms with Crippen LogP contribution in [-0.2, 0) is 25.7 Å². The molecule has 0 saturated carbocycles. The van der Waals surface area contributed by atoms with E-state index in [9.17, 15) is 19.5 Å². The zero-order chi connectivity index (χ0) is 28.1. The molecule has 0 aromatic heterocycles. The number of hydrogen-bond donors (Lipinski definition) is 3. The van der Waals surface area contributed by atoms with Crippen LogP contribution in [0.25, 0.3) is 11.1 Å². The summed E-state index contributed by atoms with van der Waals surface area (Å²) in [7, 11) is 0. The Balaban J connectivity index is 1.25. The fourth-order valence-corrected chi connectivity index (χ4v) is 5.35. The molecule has 206 valence electrons. The van der Waals surface area contributed by atoms with Crippen molar-refractivity contribution in [2.24, 2.45) is 0 Å². The second kappa shape index (κ2) is 12.2. The Morgan fingerprint density at radius 2 is 1.55 bits per heavy atom. The van der Waals surface area contributed by atoms with E-state index in [0.29, 0.717) is 6.42 Å². The fraction of sp³-hybridized carbons (Fsp3) is 0.281. The molecule has 0 heterocycles. The topological polar surface area (TPSA) is 114 Å². The summed E-state index contributed by atoms with van der Waals surface area (Å²) in [6, 6.07) is 24.2. The number of carboxylic acid groups (broad SMARTS) is 1. The summed E-state index contributed by atoms with van der Waals surface area (Å²) in [5.74, 6) is -1.57. The van der Waals surface area contributed by atoms with E-state index in [1.54, 1.807) is 13.0 Å². The second-order valence-corrected chi connectivity index (χ2v) is 10.1. The zero-order valence-electron chi connectivity index (χ0n) is 22.2. The van der Waals surface area contributed by atoms with Crippen molar-refractivity contribution in [1.82, 2.24) is 10.6 Å². The Morgan fingerprint density at radius 3 is 2.17 bits per heavy atom. The molecular formula is C32H32N2O6. The van der Waals surface area contributed by atoms with Gasteiger partial charge >= 0.3 is 12.1 Å². The predicted octanol–water partition coefficient (Wildman–Crippen LogP) is 4.79. The van der Waals surface area contributed by atoms with Crippen LogP contribution < -0.4 is 10.6 Å². The normalized spacial score (nSPS) is 17.2. The van der Waals surface area contributed by atoms with E-state index < -0.39 is 30.1 Å². The van der Waals surface area contributed by atoms with E-state index in [4.69, 9.17) is 9.47 Å². The lowest BCUT2D eigenvalue weighted by atomic mass is 9.98. The van der Waals surface area contributed by atoms with Gasteiger partial charge in [0.2, 0.25) is 5.91 Å². The minimum Gasteiger partial charge on any atom is -0.478 e. The highest BCUT2D eigenvalue weighted by Gasteiger charge is 2.33. The molecule has 8 heteroatoms. The van der Waals surface area contributed by atoms with Crippen molar-refractivity contribution in [2.75, 3.05) is 6.61 Å². The van der Waals surface area contributed by atoms with Crippen LogP contribution >= 0.6 is 0 Å². The molecule has 3 aromatic rings. The first-order valence-corrected chi connectivity index (χ1v) is 13.4. The van der Waals surface area contributed by atoms with E-state index in [2.05, 4.69) is 22.8 Å². The lowest BCUT2D eigenvalue weighted by Gasteiger charge is -2.26. The minimum absolute atomic E-state index is 0.113. The van der Waals surface area contributed by atoms with Gasteiger partial charge in [-0.3, -0.25) is 4.79 Å². The Labute approximate surface area is 233 Å². The smallest absolute Gasteiger partial charge is 0.407 e. The molecule has 0 bridgehead atoms. The maximum atomic E-state index is 13.3. The van der Waals surface area contributed by atoms with Gasteiger partial charge in [0, 0.05) is 17.5 Å². The third-order valence-electron chi connectivity index (χ3n) is 7.46. The van der Waals surface area contributed by atoms with Crippen LogP contribution in [0.15, 0.2) is 90.5 Å². The Bertz CT molecular complexity index is 1370. The third kappa shape index (κ3) is 6.07. The summed E-state index contributed by atoms with van der Waals surface area (Å²) in [4.78, 5) is 37.7. The van der Waals surface area contributed by atoms with E-state index in [1.807, 2.05) is 66.7 Å². The van der Waals surface area contributed by atoms with Crippen molar-refractivity contribution in [1.29, 1.82) is 0 Å². The highest BCUT2D eigenvalue weighted by Crippen LogP contribution is 2.44. The average Bonchev–Trinajstić information content (AvgIpc) is 3.57. The molecule has 8 nitrogen and oxygen atoms in total. The quantitative estimate of drug-likeness (QED) is 0.341. The molecule has 2 amide bonds. The molecule has 0 fully saturated rings. The van der Waals surface area contributed by atoms with E-state index in [0.717, 1.165) is 27.8 Å². The number of carboxylic acids is 1. The van der Waals surface area contributed by atoms with Crippen molar-refractivity contribution in [3.63, 3.8) is 0 Å². The summed E-state index contributed by atoms with van der Waals surface area (Å²) < 4.78 is 11.6. The number of rotatable bonds is 10. The van der Waals surface area contributed by atoms with Gasteiger partial charge in [0.25, 0.3) is 0 Å². The summed E-state index contributed by atoms with van der Waals surface area (Å²) in [5, 5.41) is 14.8. The van der Waals surface area contributed by atoms with Crippen LogP contribution in [0.2, 0.25) is 0 Å². The van der Waals surface area contributed by atoms with Crippen LogP contribution in [0.3, 0.4) is 0 Å². The number of ether oxygens (including phenoxy) is 2. The van der Waals surface area contributed by atoms with Gasteiger partial charge in [0.1, 0.15) is 12.6 Å². The molecule has 2 aliphatic carbocycles. The van der Waals surface area contributed by atoms with Crippen molar-refractivity contribution in [3.05, 3.63) is 107 Å². The van der Waals surface area contributed by atoms with Crippen LogP contribution in [0.1, 0.15) is 42.4 Å². The molecule has 2 aliphatic rings. The number of aliphatic carboxylic acids is 1. The molecule has 40 heavy (non-hydrogen) atoms. The molecule has 3 aromatic carbocycles. The highest BCUT2D eigenvalue weighted by molar-refractivity contribution is 5.89. The zero-order valence-corrected chi connectivity index (χ0v) is 22.2. The molecule has 3 atom stereocenters. The fourth-order valence-electron chi connectivity index (χ4n) is 5.35. The Kier molecular flexibility index (Phi) is 8.26. The minimum atomic E-state index is -1.05. The van der Waals surface area contributed by atoms with Crippen molar-refractivity contribution in [2.45, 2.75) is 50.5 Å². The number of carbonyl (C=O) groups is 3. The monoisotopic (exact) mass is 540 g/mol. The number of benzene rings is 3. The van der Waals surface area contributed by atoms with Gasteiger partial charge in [0.05, 0.1) is 12.7 Å². The summed E-state index contributed by atoms with van der Waals surface area (Å²) in [5.41, 5.74) is 5.62. The first-order chi connectivity index (χ1) is 19.4. The molecule has 0 spiro atoms. The highest BCUT2D eigenvalue weighted by atomic mass is 16.5. The van der Waals surface area contributed by atoms with Crippen molar-refractivity contribution < 1.29 is 29.0 Å². The van der Waals surface area contributed by atoms with Crippen molar-refractivity contribution in [3.8, 4) is 11.1 Å². The number of carbonyl (C=O) groups excluding carboxylic acids is 2. The van der Waals surface area contributed by atoms with Crippen molar-refractivity contribution >= 4 is 18.0 Å². The van der Waals surface area contributed by atoms with E-state index in [-0.39, 0.29) is 37.2 Å². The lowest BCUT2D eigenvalue weighted by molar-refractivity contribution is -0.133. The van der Waals surface area contributed by atoms with Gasteiger partial charge in [-0.15, -0.1) is 0 Å². The van der Waals surface area contributed by atoms with Gasteiger partial charge in [-0.2, -0.15) is 0 Å². The van der Waals surface area contributed by atoms with Gasteiger partial charge in [-0.1, -0.05) is 84.9 Å². The maximum Gasteiger partial charge on any atom is 0.407 e. The van der Waals surface area contributed by atoms with Gasteiger partial charge in [-0.25, -0.2) is 9.59 Å². The number of alkyl carbamates (subject to hydrolysis) is 1. The lowest BCUT2D eigenvalue weighted by Crippen LogP contribution is -2.55. The van der Waals surface area contributed by atoms with Crippen LogP contribution in [0.4, 0.5) is 4.79 Å². The first-order valence-electron chi connectivity index (χ1n) is 13.4. The molecule has 5 rings (SSSR count). The van der Waals surface area contributed by atoms with Gasteiger partial charge < -0.3 is 25.2 Å². The maximum absolute atomic E-state index is 13.3. The Morgan fingerprint density at radius 1 is 0.925 bits per heavy atom. The van der Waals surface area contributed by atoms with Gasteiger partial charge in [-0.05, 0) is 47.6 Å². The molecule has 0 radical (unpaired) electrons. The second-order valence-electron chi connectivity index (χ2n) is 10.1. The largest absolute Gasteiger partial charge is 0.478 e. The standard InChI is InChI=1S/C32H32N2O6/c1-20(39-18-21-9-3-2-4-10-21)29(30(35)33-23-16-15-22(17-23)31(36)37)34-32(38)40-19-28-26-13-7-5-11-24(26)25-12-6-8-14-27(25)28/h2-15,20,23,28-29H,16-19H2,1H3,(H,33,35)(H,34,38)(H,36,37). The number of amides is 2. The summed E-state index contributed by atoms with van der Waals surface area (Å²) >= 11 is 0. The first kappa shape index (κ1) is 27.1. The molecule has 0 saturated heterocycles. The molecular weight excluding hydrogens is 508 g/mol. The van der Waals surface area contributed by atoms with Crippen LogP contribution in [-0.4, -0.2) is 47.9 Å². The number of fused-ring (bicyclic) bond motifs is 3. The number of nitrogens with one attached hydrogen (secondary N) is 2. The van der Waals surface area contributed by atoms with Crippen LogP contribution in [0, 0.1) is 0 Å². The summed E-state index contributed by atoms with van der Waals surface area (Å²) in [6.45, 7) is 2.08. The average molecular weight is 541 g/mol. The molecule has 0 aliphatic heterocycles. The summed E-state index contributed by atoms with van der Waals surface area (Å²) in [6.07, 6.45) is 0.820.